The molecular weight excluding hydrogens is 665 g/mol. The SMILES string of the molecule is COC1C(OCC(=O)Nc2ccnn2C)C(COP(=O)(O)OP(=O)(O)OP(=O)(O)O)OC1n1cnc2c(=S)nc(N)[nH]c21. The lowest BCUT2D eigenvalue weighted by Gasteiger charge is -2.24. The summed E-state index contributed by atoms with van der Waals surface area (Å²) in [5.74, 6) is -0.312. The van der Waals surface area contributed by atoms with Gasteiger partial charge in [-0.3, -0.25) is 18.6 Å². The van der Waals surface area contributed by atoms with Crippen molar-refractivity contribution in [3.63, 3.8) is 0 Å². The third-order valence-corrected chi connectivity index (χ3v) is 9.70. The maximum absolute atomic E-state index is 12.6. The second-order valence-corrected chi connectivity index (χ2v) is 13.4. The third-order valence-electron chi connectivity index (χ3n) is 5.61. The number of methoxy groups -OCH3 is 1. The highest BCUT2D eigenvalue weighted by molar-refractivity contribution is 7.71. The number of rotatable bonds is 13. The molecule has 238 valence electrons. The summed E-state index contributed by atoms with van der Waals surface area (Å²) in [6, 6.07) is 1.53. The first-order chi connectivity index (χ1) is 20.0. The Kier molecular flexibility index (Phi) is 10.0. The van der Waals surface area contributed by atoms with Crippen LogP contribution in [-0.2, 0) is 52.9 Å². The van der Waals surface area contributed by atoms with Gasteiger partial charge in [0.25, 0.3) is 5.91 Å². The molecule has 1 aliphatic rings. The lowest BCUT2D eigenvalue weighted by molar-refractivity contribution is -0.127. The lowest BCUT2D eigenvalue weighted by atomic mass is 10.1. The molecule has 0 saturated carbocycles. The molecule has 0 aliphatic carbocycles. The molecule has 6 unspecified atom stereocenters. The average Bonchev–Trinajstić information content (AvgIpc) is 3.55. The van der Waals surface area contributed by atoms with Crippen LogP contribution in [0.2, 0.25) is 0 Å². The number of phosphoric acid groups is 3. The van der Waals surface area contributed by atoms with Crippen LogP contribution in [0.3, 0.4) is 0 Å². The Balaban J connectivity index is 1.57. The third kappa shape index (κ3) is 8.38. The van der Waals surface area contributed by atoms with Crippen LogP contribution in [0.25, 0.3) is 11.2 Å². The molecule has 22 nitrogen and oxygen atoms in total. The molecule has 0 radical (unpaired) electrons. The number of phosphoric ester groups is 1. The zero-order valence-electron chi connectivity index (χ0n) is 21.9. The number of nitrogens with two attached hydrogens (primary N) is 1. The number of aryl methyl sites for hydroxylation is 1. The Hall–Kier alpha value is -2.46. The van der Waals surface area contributed by atoms with Crippen molar-refractivity contribution in [1.29, 1.82) is 0 Å². The summed E-state index contributed by atoms with van der Waals surface area (Å²) in [6.45, 7) is -1.48. The van der Waals surface area contributed by atoms with Crippen LogP contribution in [0.5, 0.6) is 0 Å². The minimum absolute atomic E-state index is 0.0462. The molecule has 6 atom stereocenters. The zero-order chi connectivity index (χ0) is 31.7. The van der Waals surface area contributed by atoms with E-state index in [1.165, 1.54) is 34.9 Å². The molecule has 0 spiro atoms. The molecule has 0 aromatic carbocycles. The lowest BCUT2D eigenvalue weighted by Crippen LogP contribution is -2.39. The first kappa shape index (κ1) is 33.4. The van der Waals surface area contributed by atoms with Crippen molar-refractivity contribution in [2.24, 2.45) is 7.05 Å². The van der Waals surface area contributed by atoms with E-state index in [1.54, 1.807) is 7.05 Å². The highest BCUT2D eigenvalue weighted by atomic mass is 32.1. The summed E-state index contributed by atoms with van der Waals surface area (Å²) >= 11 is 5.19. The number of aromatic nitrogens is 6. The normalized spacial score (nSPS) is 23.7. The number of nitrogen functional groups attached to an aromatic ring is 1. The van der Waals surface area contributed by atoms with Gasteiger partial charge in [0.2, 0.25) is 0 Å². The van der Waals surface area contributed by atoms with Crippen molar-refractivity contribution in [1.82, 2.24) is 29.3 Å². The van der Waals surface area contributed by atoms with Crippen LogP contribution in [-0.4, -0.2) is 93.4 Å². The van der Waals surface area contributed by atoms with Crippen LogP contribution < -0.4 is 11.1 Å². The number of ether oxygens (including phenoxy) is 3. The smallest absolute Gasteiger partial charge is 0.374 e. The molecule has 1 saturated heterocycles. The van der Waals surface area contributed by atoms with Gasteiger partial charge in [-0.05, 0) is 0 Å². The Morgan fingerprint density at radius 1 is 1.21 bits per heavy atom. The van der Waals surface area contributed by atoms with Crippen molar-refractivity contribution in [2.75, 3.05) is 31.4 Å². The zero-order valence-corrected chi connectivity index (χ0v) is 25.4. The minimum atomic E-state index is -5.78. The van der Waals surface area contributed by atoms with E-state index in [2.05, 4.69) is 34.0 Å². The second kappa shape index (κ2) is 12.9. The van der Waals surface area contributed by atoms with E-state index >= 15 is 0 Å². The van der Waals surface area contributed by atoms with Gasteiger partial charge in [-0.2, -0.15) is 13.7 Å². The number of nitrogens with one attached hydrogen (secondary N) is 2. The summed E-state index contributed by atoms with van der Waals surface area (Å²) in [5, 5.41) is 6.50. The largest absolute Gasteiger partial charge is 0.490 e. The molecular formula is C17H25N8O14P3S. The molecule has 1 aliphatic heterocycles. The van der Waals surface area contributed by atoms with E-state index in [-0.39, 0.29) is 21.8 Å². The van der Waals surface area contributed by atoms with Gasteiger partial charge in [-0.1, -0.05) is 12.2 Å². The first-order valence-electron chi connectivity index (χ1n) is 11.6. The van der Waals surface area contributed by atoms with Crippen LogP contribution >= 0.6 is 35.7 Å². The molecule has 4 rings (SSSR count). The predicted molar refractivity (Wildman–Crippen MR) is 143 cm³/mol. The van der Waals surface area contributed by atoms with E-state index in [4.69, 9.17) is 46.5 Å². The van der Waals surface area contributed by atoms with Gasteiger partial charge in [-0.15, -0.1) is 0 Å². The van der Waals surface area contributed by atoms with E-state index in [0.29, 0.717) is 5.82 Å². The number of carbonyl (C=O) groups excluding carboxylic acids is 1. The van der Waals surface area contributed by atoms with Gasteiger partial charge >= 0.3 is 23.5 Å². The van der Waals surface area contributed by atoms with E-state index in [9.17, 15) is 28.3 Å². The molecule has 1 amide bonds. The Morgan fingerprint density at radius 3 is 2.56 bits per heavy atom. The van der Waals surface area contributed by atoms with Gasteiger partial charge in [0.05, 0.1) is 19.1 Å². The summed E-state index contributed by atoms with van der Waals surface area (Å²) in [6.07, 6.45) is -1.99. The number of fused-ring (bicyclic) bond motifs is 1. The molecule has 3 aromatic rings. The van der Waals surface area contributed by atoms with Crippen LogP contribution in [0.1, 0.15) is 6.23 Å². The number of anilines is 2. The minimum Gasteiger partial charge on any atom is -0.374 e. The first-order valence-corrected chi connectivity index (χ1v) is 16.5. The fraction of sp³-hybridized carbons (Fsp3) is 0.471. The van der Waals surface area contributed by atoms with Crippen molar-refractivity contribution in [3.8, 4) is 0 Å². The van der Waals surface area contributed by atoms with E-state index in [1.807, 2.05) is 0 Å². The second-order valence-electron chi connectivity index (χ2n) is 8.59. The Labute approximate surface area is 245 Å². The standard InChI is InChI=1S/C17H25N8O14P3S/c1-24-9(3-4-20-24)21-10(26)6-35-12-8(5-36-41(30,31)39-42(32,33)38-40(27,28)29)37-16(13(12)34-2)25-7-19-11-14(25)22-17(18)23-15(11)43/h3-4,7-8,12-13,16H,5-6H2,1-2H3,(H,21,26)(H,30,31)(H,32,33)(H2,27,28,29)(H3,18,22,23,43). The number of hydrogen-bond donors (Lipinski definition) is 7. The fourth-order valence-electron chi connectivity index (χ4n) is 3.98. The number of nitrogens with zero attached hydrogens (tertiary/aromatic N) is 5. The van der Waals surface area contributed by atoms with Crippen molar-refractivity contribution < 1.29 is 65.4 Å². The van der Waals surface area contributed by atoms with E-state index in [0.717, 1.165) is 0 Å². The van der Waals surface area contributed by atoms with E-state index < -0.39 is 67.1 Å². The highest BCUT2D eigenvalue weighted by Gasteiger charge is 2.49. The molecule has 1 fully saturated rings. The molecule has 4 heterocycles. The monoisotopic (exact) mass is 690 g/mol. The molecule has 3 aromatic heterocycles. The number of H-pyrrole nitrogens is 1. The van der Waals surface area contributed by atoms with Gasteiger partial charge in [0.15, 0.2) is 16.8 Å². The number of imidazole rings is 1. The number of hydrogen-bond acceptors (Lipinski definition) is 15. The average molecular weight is 690 g/mol. The maximum Gasteiger partial charge on any atom is 0.490 e. The van der Waals surface area contributed by atoms with Gasteiger partial charge < -0.3 is 49.8 Å². The van der Waals surface area contributed by atoms with Gasteiger partial charge in [0, 0.05) is 20.2 Å². The summed E-state index contributed by atoms with van der Waals surface area (Å²) in [4.78, 5) is 60.3. The van der Waals surface area contributed by atoms with Crippen LogP contribution in [0.15, 0.2) is 18.6 Å². The highest BCUT2D eigenvalue weighted by Crippen LogP contribution is 2.66. The predicted octanol–water partition coefficient (Wildman–Crippen LogP) is 0.0842. The van der Waals surface area contributed by atoms with Crippen molar-refractivity contribution >= 4 is 64.5 Å². The molecule has 26 heteroatoms. The Bertz CT molecular complexity index is 1690. The van der Waals surface area contributed by atoms with Crippen molar-refractivity contribution in [2.45, 2.75) is 24.5 Å². The summed E-state index contributed by atoms with van der Waals surface area (Å²) in [7, 11) is -14.0. The molecule has 0 bridgehead atoms. The molecule has 43 heavy (non-hydrogen) atoms. The van der Waals surface area contributed by atoms with Gasteiger partial charge in [-0.25, -0.2) is 23.7 Å². The Morgan fingerprint density at radius 2 is 1.93 bits per heavy atom. The molecule has 8 N–H and O–H groups in total. The van der Waals surface area contributed by atoms with Crippen molar-refractivity contribution in [3.05, 3.63) is 23.2 Å². The number of aromatic amines is 1. The fourth-order valence-corrected chi connectivity index (χ4v) is 7.26. The number of amides is 1. The topological polar surface area (TPSA) is 307 Å². The summed E-state index contributed by atoms with van der Waals surface area (Å²) in [5.41, 5.74) is 6.29. The maximum atomic E-state index is 12.6. The number of carbonyl (C=O) groups is 1. The quantitative estimate of drug-likeness (QED) is 0.0922. The van der Waals surface area contributed by atoms with Gasteiger partial charge in [0.1, 0.15) is 41.9 Å². The summed E-state index contributed by atoms with van der Waals surface area (Å²) < 4.78 is 67.4. The van der Waals surface area contributed by atoms with Crippen LogP contribution in [0, 0.1) is 4.64 Å². The van der Waals surface area contributed by atoms with Crippen LogP contribution in [0.4, 0.5) is 11.8 Å².